The molecule has 0 atom stereocenters. The minimum Gasteiger partial charge on any atom is -0.451 e. The molecule has 1 rings (SSSR count). The van der Waals surface area contributed by atoms with Crippen molar-refractivity contribution in [2.75, 3.05) is 13.2 Å². The predicted molar refractivity (Wildman–Crippen MR) is 50.7 cm³/mol. The first-order valence-electron chi connectivity index (χ1n) is 4.55. The Bertz CT molecular complexity index is 239. The summed E-state index contributed by atoms with van der Waals surface area (Å²) in [6.07, 6.45) is -0.481. The molecular weight excluding hydrogens is 184 g/mol. The summed E-state index contributed by atoms with van der Waals surface area (Å²) in [4.78, 5) is 11.3. The van der Waals surface area contributed by atoms with Gasteiger partial charge in [-0.2, -0.15) is 0 Å². The zero-order valence-corrected chi connectivity index (χ0v) is 8.83. The first-order chi connectivity index (χ1) is 6.43. The van der Waals surface area contributed by atoms with E-state index in [1.54, 1.807) is 20.8 Å². The number of rotatable bonds is 3. The van der Waals surface area contributed by atoms with Crippen molar-refractivity contribution >= 4 is 5.97 Å². The quantitative estimate of drug-likeness (QED) is 0.508. The lowest BCUT2D eigenvalue weighted by atomic mass is 10.1. The molecule has 0 aliphatic carbocycles. The van der Waals surface area contributed by atoms with E-state index in [0.29, 0.717) is 18.8 Å². The van der Waals surface area contributed by atoms with Gasteiger partial charge in [0.25, 0.3) is 0 Å². The van der Waals surface area contributed by atoms with Gasteiger partial charge in [-0.05, 0) is 20.8 Å². The zero-order chi connectivity index (χ0) is 10.8. The van der Waals surface area contributed by atoms with E-state index in [2.05, 4.69) is 6.58 Å². The molecule has 1 aliphatic rings. The normalized spacial score (nSPS) is 18.2. The Morgan fingerprint density at radius 1 is 1.43 bits per heavy atom. The number of ether oxygens (including phenoxy) is 3. The van der Waals surface area contributed by atoms with Crippen LogP contribution < -0.4 is 0 Å². The van der Waals surface area contributed by atoms with Crippen molar-refractivity contribution in [3.63, 3.8) is 0 Å². The van der Waals surface area contributed by atoms with E-state index in [1.807, 2.05) is 0 Å². The molecule has 0 aromatic rings. The Hall–Kier alpha value is -0.870. The van der Waals surface area contributed by atoms with E-state index in [9.17, 15) is 4.79 Å². The summed E-state index contributed by atoms with van der Waals surface area (Å²) in [5, 5.41) is 0. The van der Waals surface area contributed by atoms with E-state index in [1.165, 1.54) is 0 Å². The number of hydrogen-bond donors (Lipinski definition) is 0. The summed E-state index contributed by atoms with van der Waals surface area (Å²) >= 11 is 0. The molecule has 0 unspecified atom stereocenters. The van der Waals surface area contributed by atoms with E-state index in [0.717, 1.165) is 0 Å². The first kappa shape index (κ1) is 11.2. The average molecular weight is 200 g/mol. The minimum atomic E-state index is -0.771. The lowest BCUT2D eigenvalue weighted by molar-refractivity contribution is -0.196. The Balaban J connectivity index is 2.56. The van der Waals surface area contributed by atoms with Crippen molar-refractivity contribution in [2.45, 2.75) is 32.7 Å². The molecule has 4 heteroatoms. The smallest absolute Gasteiger partial charge is 0.333 e. The molecule has 0 bridgehead atoms. The van der Waals surface area contributed by atoms with Crippen molar-refractivity contribution in [1.29, 1.82) is 0 Å². The molecule has 14 heavy (non-hydrogen) atoms. The topological polar surface area (TPSA) is 44.8 Å². The highest BCUT2D eigenvalue weighted by atomic mass is 16.7. The van der Waals surface area contributed by atoms with Crippen molar-refractivity contribution < 1.29 is 19.0 Å². The van der Waals surface area contributed by atoms with Crippen LogP contribution in [0.3, 0.4) is 0 Å². The number of carbonyl (C=O) groups excluding carboxylic acids is 1. The molecule has 0 aromatic carbocycles. The van der Waals surface area contributed by atoms with Gasteiger partial charge in [0.05, 0.1) is 13.2 Å². The van der Waals surface area contributed by atoms with Crippen LogP contribution >= 0.6 is 0 Å². The van der Waals surface area contributed by atoms with Crippen molar-refractivity contribution in [3.8, 4) is 0 Å². The van der Waals surface area contributed by atoms with Crippen LogP contribution in [0.15, 0.2) is 12.2 Å². The lowest BCUT2D eigenvalue weighted by Gasteiger charge is -2.29. The highest BCUT2D eigenvalue weighted by molar-refractivity contribution is 5.87. The maximum atomic E-state index is 11.3. The maximum absolute atomic E-state index is 11.3. The second-order valence-electron chi connectivity index (χ2n) is 3.85. The number of hydrogen-bond acceptors (Lipinski definition) is 4. The minimum absolute atomic E-state index is 0.371. The van der Waals surface area contributed by atoms with Crippen LogP contribution in [-0.2, 0) is 19.0 Å². The van der Waals surface area contributed by atoms with E-state index in [-0.39, 0.29) is 0 Å². The van der Waals surface area contributed by atoms with Crippen LogP contribution in [0.4, 0.5) is 0 Å². The zero-order valence-electron chi connectivity index (χ0n) is 8.83. The average Bonchev–Trinajstić information content (AvgIpc) is 2.54. The van der Waals surface area contributed by atoms with Gasteiger partial charge in [0.1, 0.15) is 0 Å². The van der Waals surface area contributed by atoms with Crippen LogP contribution in [0.1, 0.15) is 20.8 Å². The fraction of sp³-hybridized carbons (Fsp3) is 0.700. The molecule has 0 radical (unpaired) electrons. The van der Waals surface area contributed by atoms with Gasteiger partial charge in [0.15, 0.2) is 11.9 Å². The fourth-order valence-corrected chi connectivity index (χ4v) is 1.13. The Morgan fingerprint density at radius 3 is 2.36 bits per heavy atom. The third-order valence-electron chi connectivity index (χ3n) is 1.89. The molecule has 0 spiro atoms. The molecule has 80 valence electrons. The van der Waals surface area contributed by atoms with Gasteiger partial charge < -0.3 is 14.2 Å². The van der Waals surface area contributed by atoms with Crippen LogP contribution in [0.2, 0.25) is 0 Å². The van der Waals surface area contributed by atoms with Gasteiger partial charge in [-0.1, -0.05) is 6.58 Å². The summed E-state index contributed by atoms with van der Waals surface area (Å²) in [6.45, 7) is 9.70. The molecule has 1 saturated heterocycles. The fourth-order valence-electron chi connectivity index (χ4n) is 1.13. The van der Waals surface area contributed by atoms with Gasteiger partial charge in [0, 0.05) is 5.57 Å². The Kier molecular flexibility index (Phi) is 3.29. The van der Waals surface area contributed by atoms with Crippen LogP contribution in [-0.4, -0.2) is 31.1 Å². The molecule has 0 amide bonds. The molecular formula is C10H16O4. The third-order valence-corrected chi connectivity index (χ3v) is 1.89. The Morgan fingerprint density at radius 2 is 1.93 bits per heavy atom. The molecule has 1 heterocycles. The van der Waals surface area contributed by atoms with E-state index < -0.39 is 17.9 Å². The highest BCUT2D eigenvalue weighted by Gasteiger charge is 2.37. The van der Waals surface area contributed by atoms with Gasteiger partial charge in [-0.3, -0.25) is 0 Å². The molecule has 1 fully saturated rings. The molecule has 4 nitrogen and oxygen atoms in total. The van der Waals surface area contributed by atoms with Crippen LogP contribution in [0.25, 0.3) is 0 Å². The van der Waals surface area contributed by atoms with Crippen molar-refractivity contribution in [3.05, 3.63) is 12.2 Å². The second-order valence-corrected chi connectivity index (χ2v) is 3.85. The van der Waals surface area contributed by atoms with Crippen LogP contribution in [0, 0.1) is 0 Å². The lowest BCUT2D eigenvalue weighted by Crippen LogP contribution is -2.41. The molecule has 0 N–H and O–H groups in total. The first-order valence-corrected chi connectivity index (χ1v) is 4.55. The summed E-state index contributed by atoms with van der Waals surface area (Å²) in [6, 6.07) is 0. The predicted octanol–water partition coefficient (Wildman–Crippen LogP) is 1.26. The summed E-state index contributed by atoms with van der Waals surface area (Å²) in [5.74, 6) is -0.422. The van der Waals surface area contributed by atoms with Crippen molar-refractivity contribution in [2.24, 2.45) is 0 Å². The summed E-state index contributed by atoms with van der Waals surface area (Å²) in [5.41, 5.74) is -0.400. The van der Waals surface area contributed by atoms with Gasteiger partial charge in [0.2, 0.25) is 0 Å². The maximum Gasteiger partial charge on any atom is 0.333 e. The standard InChI is InChI=1S/C10H16O4/c1-7(2)8(11)14-10(3,4)9-12-5-6-13-9/h9H,1,5-6H2,2-4H3. The van der Waals surface area contributed by atoms with Gasteiger partial charge >= 0.3 is 5.97 Å². The second kappa shape index (κ2) is 4.11. The molecule has 0 aromatic heterocycles. The van der Waals surface area contributed by atoms with Gasteiger partial charge in [-0.25, -0.2) is 4.79 Å². The largest absolute Gasteiger partial charge is 0.451 e. The van der Waals surface area contributed by atoms with Crippen LogP contribution in [0.5, 0.6) is 0 Å². The number of esters is 1. The molecule has 1 aliphatic heterocycles. The Labute approximate surface area is 83.8 Å². The highest BCUT2D eigenvalue weighted by Crippen LogP contribution is 2.23. The van der Waals surface area contributed by atoms with E-state index in [4.69, 9.17) is 14.2 Å². The third kappa shape index (κ3) is 2.56. The summed E-state index contributed by atoms with van der Waals surface area (Å²) in [7, 11) is 0. The SMILES string of the molecule is C=C(C)C(=O)OC(C)(C)C1OCCO1. The monoisotopic (exact) mass is 200 g/mol. The number of carbonyl (C=O) groups is 1. The molecule has 0 saturated carbocycles. The summed E-state index contributed by atoms with van der Waals surface area (Å²) < 4.78 is 15.7. The van der Waals surface area contributed by atoms with Crippen molar-refractivity contribution in [1.82, 2.24) is 0 Å². The van der Waals surface area contributed by atoms with E-state index >= 15 is 0 Å². The van der Waals surface area contributed by atoms with Gasteiger partial charge in [-0.15, -0.1) is 0 Å².